The molecule has 1 aromatic heterocycles. The zero-order valence-corrected chi connectivity index (χ0v) is 14.2. The van der Waals surface area contributed by atoms with Gasteiger partial charge in [0.05, 0.1) is 14.2 Å². The lowest BCUT2D eigenvalue weighted by Crippen LogP contribution is -2.19. The van der Waals surface area contributed by atoms with Crippen molar-refractivity contribution in [2.24, 2.45) is 0 Å². The molecule has 1 heterocycles. The van der Waals surface area contributed by atoms with Gasteiger partial charge < -0.3 is 14.8 Å². The van der Waals surface area contributed by atoms with Crippen LogP contribution in [0, 0.1) is 0 Å². The van der Waals surface area contributed by atoms with Gasteiger partial charge >= 0.3 is 0 Å². The smallest absolute Gasteiger partial charge is 0.127 e. The van der Waals surface area contributed by atoms with Crippen LogP contribution in [0.4, 0.5) is 0 Å². The van der Waals surface area contributed by atoms with Crippen molar-refractivity contribution in [3.05, 3.63) is 44.6 Å². The first-order valence-electron chi connectivity index (χ1n) is 6.30. The van der Waals surface area contributed by atoms with Crippen LogP contribution >= 0.6 is 27.3 Å². The van der Waals surface area contributed by atoms with Crippen molar-refractivity contribution in [2.45, 2.75) is 12.5 Å². The fraction of sp³-hybridized carbons (Fsp3) is 0.333. The van der Waals surface area contributed by atoms with Crippen molar-refractivity contribution in [3.8, 4) is 11.5 Å². The van der Waals surface area contributed by atoms with Crippen molar-refractivity contribution in [1.29, 1.82) is 0 Å². The Labute approximate surface area is 132 Å². The molecule has 1 atom stereocenters. The second-order valence-corrected chi connectivity index (χ2v) is 6.30. The average Bonchev–Trinajstić information content (AvgIpc) is 2.89. The predicted molar refractivity (Wildman–Crippen MR) is 87.1 cm³/mol. The van der Waals surface area contributed by atoms with Crippen molar-refractivity contribution in [2.75, 3.05) is 21.3 Å². The fourth-order valence-corrected chi connectivity index (χ4v) is 3.63. The number of methoxy groups -OCH3 is 2. The molecular formula is C15H18BrNO2S. The van der Waals surface area contributed by atoms with E-state index in [1.807, 2.05) is 19.2 Å². The maximum Gasteiger partial charge on any atom is 0.127 e. The van der Waals surface area contributed by atoms with Gasteiger partial charge in [-0.2, -0.15) is 0 Å². The first kappa shape index (κ1) is 15.4. The summed E-state index contributed by atoms with van der Waals surface area (Å²) < 4.78 is 11.9. The van der Waals surface area contributed by atoms with Gasteiger partial charge in [-0.3, -0.25) is 0 Å². The highest BCUT2D eigenvalue weighted by Gasteiger charge is 2.16. The van der Waals surface area contributed by atoms with E-state index in [4.69, 9.17) is 9.47 Å². The molecule has 2 rings (SSSR count). The molecule has 3 nitrogen and oxygen atoms in total. The Balaban J connectivity index is 2.26. The molecule has 0 aliphatic heterocycles. The van der Waals surface area contributed by atoms with Gasteiger partial charge in [0, 0.05) is 38.8 Å². The Kier molecular flexibility index (Phi) is 5.46. The molecule has 20 heavy (non-hydrogen) atoms. The number of hydrogen-bond donors (Lipinski definition) is 1. The Morgan fingerprint density at radius 3 is 2.60 bits per heavy atom. The average molecular weight is 356 g/mol. The highest BCUT2D eigenvalue weighted by molar-refractivity contribution is 9.10. The first-order chi connectivity index (χ1) is 9.67. The molecule has 1 aromatic carbocycles. The minimum Gasteiger partial charge on any atom is -0.497 e. The molecule has 1 unspecified atom stereocenters. The highest BCUT2D eigenvalue weighted by atomic mass is 79.9. The summed E-state index contributed by atoms with van der Waals surface area (Å²) in [5.41, 5.74) is 1.14. The molecule has 2 aromatic rings. The molecule has 0 saturated carbocycles. The molecule has 0 radical (unpaired) electrons. The third-order valence-electron chi connectivity index (χ3n) is 3.19. The lowest BCUT2D eigenvalue weighted by molar-refractivity contribution is 0.385. The second kappa shape index (κ2) is 7.11. The fourth-order valence-electron chi connectivity index (χ4n) is 2.14. The Morgan fingerprint density at radius 1 is 1.25 bits per heavy atom. The summed E-state index contributed by atoms with van der Waals surface area (Å²) in [5, 5.41) is 5.46. The quantitative estimate of drug-likeness (QED) is 0.848. The maximum atomic E-state index is 5.49. The molecule has 0 bridgehead atoms. The van der Waals surface area contributed by atoms with Gasteiger partial charge in [0.2, 0.25) is 0 Å². The van der Waals surface area contributed by atoms with Gasteiger partial charge in [0.25, 0.3) is 0 Å². The zero-order chi connectivity index (χ0) is 14.5. The lowest BCUT2D eigenvalue weighted by Gasteiger charge is -2.19. The number of benzene rings is 1. The normalized spacial score (nSPS) is 12.2. The predicted octanol–water partition coefficient (Wildman–Crippen LogP) is 4.03. The SMILES string of the molecule is CNC(Cc1cc(Br)cs1)c1ccc(OC)cc1OC. The first-order valence-corrected chi connectivity index (χ1v) is 7.97. The van der Waals surface area contributed by atoms with E-state index in [0.717, 1.165) is 28.0 Å². The van der Waals surface area contributed by atoms with E-state index >= 15 is 0 Å². The van der Waals surface area contributed by atoms with Crippen molar-refractivity contribution in [1.82, 2.24) is 5.32 Å². The summed E-state index contributed by atoms with van der Waals surface area (Å²) in [6.07, 6.45) is 0.926. The van der Waals surface area contributed by atoms with Crippen LogP contribution < -0.4 is 14.8 Å². The Morgan fingerprint density at radius 2 is 2.05 bits per heavy atom. The molecule has 1 N–H and O–H groups in total. The van der Waals surface area contributed by atoms with Crippen LogP contribution in [0.1, 0.15) is 16.5 Å². The minimum atomic E-state index is 0.210. The van der Waals surface area contributed by atoms with Gasteiger partial charge in [0.1, 0.15) is 11.5 Å². The summed E-state index contributed by atoms with van der Waals surface area (Å²) in [4.78, 5) is 1.33. The topological polar surface area (TPSA) is 30.5 Å². The third-order valence-corrected chi connectivity index (χ3v) is 4.91. The third kappa shape index (κ3) is 3.53. The summed E-state index contributed by atoms with van der Waals surface area (Å²) in [6, 6.07) is 8.31. The van der Waals surface area contributed by atoms with Gasteiger partial charge in [-0.15, -0.1) is 11.3 Å². The largest absolute Gasteiger partial charge is 0.497 e. The van der Waals surface area contributed by atoms with Crippen LogP contribution in [0.3, 0.4) is 0 Å². The number of likely N-dealkylation sites (N-methyl/N-ethyl adjacent to an activating group) is 1. The van der Waals surface area contributed by atoms with E-state index in [2.05, 4.69) is 38.8 Å². The number of nitrogens with one attached hydrogen (secondary N) is 1. The van der Waals surface area contributed by atoms with Gasteiger partial charge in [-0.25, -0.2) is 0 Å². The molecule has 108 valence electrons. The summed E-state index contributed by atoms with van der Waals surface area (Å²) in [6.45, 7) is 0. The number of rotatable bonds is 6. The molecule has 0 fully saturated rings. The van der Waals surface area contributed by atoms with Crippen LogP contribution in [-0.4, -0.2) is 21.3 Å². The minimum absolute atomic E-state index is 0.210. The van der Waals surface area contributed by atoms with Crippen molar-refractivity contribution >= 4 is 27.3 Å². The zero-order valence-electron chi connectivity index (χ0n) is 11.8. The highest BCUT2D eigenvalue weighted by Crippen LogP contribution is 2.32. The number of hydrogen-bond acceptors (Lipinski definition) is 4. The monoisotopic (exact) mass is 355 g/mol. The number of halogens is 1. The molecule has 0 aliphatic rings. The summed E-state index contributed by atoms with van der Waals surface area (Å²) in [7, 11) is 5.32. The maximum absolute atomic E-state index is 5.49. The van der Waals surface area contributed by atoms with Crippen LogP contribution in [0.25, 0.3) is 0 Å². The van der Waals surface area contributed by atoms with E-state index in [9.17, 15) is 0 Å². The van der Waals surface area contributed by atoms with Crippen molar-refractivity contribution < 1.29 is 9.47 Å². The summed E-state index contributed by atoms with van der Waals surface area (Å²) >= 11 is 5.25. The van der Waals surface area contributed by atoms with Gasteiger partial charge in [0.15, 0.2) is 0 Å². The number of thiophene rings is 1. The molecule has 0 amide bonds. The van der Waals surface area contributed by atoms with Crippen LogP contribution in [0.15, 0.2) is 34.1 Å². The van der Waals surface area contributed by atoms with E-state index in [-0.39, 0.29) is 6.04 Å². The van der Waals surface area contributed by atoms with Gasteiger partial charge in [-0.05, 0) is 35.1 Å². The standard InChI is InChI=1S/C15H18BrNO2S/c1-17-14(8-12-6-10(16)9-20-12)13-5-4-11(18-2)7-15(13)19-3/h4-7,9,14,17H,8H2,1-3H3. The summed E-state index contributed by atoms with van der Waals surface area (Å²) in [5.74, 6) is 1.65. The van der Waals surface area contributed by atoms with E-state index in [1.165, 1.54) is 4.88 Å². The molecular weight excluding hydrogens is 338 g/mol. The number of ether oxygens (including phenoxy) is 2. The van der Waals surface area contributed by atoms with Crippen LogP contribution in [0.2, 0.25) is 0 Å². The van der Waals surface area contributed by atoms with Crippen molar-refractivity contribution in [3.63, 3.8) is 0 Å². The Bertz CT molecular complexity index is 571. The van der Waals surface area contributed by atoms with Gasteiger partial charge in [-0.1, -0.05) is 6.07 Å². The van der Waals surface area contributed by atoms with E-state index < -0.39 is 0 Å². The van der Waals surface area contributed by atoms with E-state index in [0.29, 0.717) is 0 Å². The Hall–Kier alpha value is -1.04. The second-order valence-electron chi connectivity index (χ2n) is 4.38. The van der Waals surface area contributed by atoms with E-state index in [1.54, 1.807) is 25.6 Å². The molecule has 0 aliphatic carbocycles. The lowest BCUT2D eigenvalue weighted by atomic mass is 10.0. The van der Waals surface area contributed by atoms with Crippen LogP contribution in [0.5, 0.6) is 11.5 Å². The van der Waals surface area contributed by atoms with Crippen LogP contribution in [-0.2, 0) is 6.42 Å². The molecule has 0 saturated heterocycles. The molecule has 5 heteroatoms. The molecule has 0 spiro atoms.